The molecule has 0 bridgehead atoms. The van der Waals surface area contributed by atoms with E-state index >= 15 is 0 Å². The molecule has 0 spiro atoms. The summed E-state index contributed by atoms with van der Waals surface area (Å²) in [7, 11) is -3.03. The van der Waals surface area contributed by atoms with Crippen LogP contribution in [0.5, 0.6) is 17.4 Å². The Labute approximate surface area is 197 Å². The first-order valence-electron chi connectivity index (χ1n) is 10.6. The highest BCUT2D eigenvalue weighted by Crippen LogP contribution is 2.33. The van der Waals surface area contributed by atoms with E-state index in [2.05, 4.69) is 15.3 Å². The molecule has 11 heteroatoms. The van der Waals surface area contributed by atoms with E-state index in [0.29, 0.717) is 47.3 Å². The standard InChI is InChI=1S/C22H25ClN4O5S/c1-4-31-18-11-15(23)12-24-21(18)32-17-5-6-19-25-16(13-27(19)14(17)2)20(28)26-22(3)7-9-33(29,30)10-8-22/h5-6,11-13H,4,7-10H2,1-3H3,(H,26,28). The Balaban J connectivity index is 1.57. The summed E-state index contributed by atoms with van der Waals surface area (Å²) in [5, 5.41) is 3.40. The zero-order valence-electron chi connectivity index (χ0n) is 18.6. The summed E-state index contributed by atoms with van der Waals surface area (Å²) in [5.74, 6) is 1.02. The highest BCUT2D eigenvalue weighted by atomic mass is 35.5. The lowest BCUT2D eigenvalue weighted by molar-refractivity contribution is 0.0895. The lowest BCUT2D eigenvalue weighted by Gasteiger charge is -2.34. The number of amides is 1. The van der Waals surface area contributed by atoms with Crippen LogP contribution in [0.2, 0.25) is 5.02 Å². The molecule has 9 nitrogen and oxygen atoms in total. The first-order valence-corrected chi connectivity index (χ1v) is 12.8. The van der Waals surface area contributed by atoms with Gasteiger partial charge in [-0.25, -0.2) is 18.4 Å². The Morgan fingerprint density at radius 2 is 2.00 bits per heavy atom. The van der Waals surface area contributed by atoms with Crippen LogP contribution in [-0.2, 0) is 9.84 Å². The number of ether oxygens (including phenoxy) is 2. The molecular weight excluding hydrogens is 468 g/mol. The van der Waals surface area contributed by atoms with E-state index in [0.717, 1.165) is 0 Å². The van der Waals surface area contributed by atoms with E-state index in [1.54, 1.807) is 28.8 Å². The van der Waals surface area contributed by atoms with Gasteiger partial charge in [0.1, 0.15) is 26.9 Å². The fourth-order valence-corrected chi connectivity index (χ4v) is 5.56. The molecule has 1 saturated heterocycles. The van der Waals surface area contributed by atoms with Crippen LogP contribution >= 0.6 is 11.6 Å². The maximum Gasteiger partial charge on any atom is 0.271 e. The molecule has 0 saturated carbocycles. The number of imidazole rings is 1. The van der Waals surface area contributed by atoms with Crippen molar-refractivity contribution in [1.29, 1.82) is 0 Å². The van der Waals surface area contributed by atoms with Crippen molar-refractivity contribution in [2.45, 2.75) is 39.2 Å². The minimum Gasteiger partial charge on any atom is -0.488 e. The van der Waals surface area contributed by atoms with Gasteiger partial charge in [0.15, 0.2) is 5.75 Å². The minimum absolute atomic E-state index is 0.0667. The molecular formula is C22H25ClN4O5S. The van der Waals surface area contributed by atoms with Crippen LogP contribution in [0.15, 0.2) is 30.6 Å². The number of fused-ring (bicyclic) bond motifs is 1. The van der Waals surface area contributed by atoms with Crippen LogP contribution in [0, 0.1) is 6.92 Å². The molecule has 0 aromatic carbocycles. The van der Waals surface area contributed by atoms with E-state index in [1.807, 2.05) is 20.8 Å². The Bertz CT molecular complexity index is 1310. The van der Waals surface area contributed by atoms with Gasteiger partial charge in [-0.05, 0) is 45.7 Å². The molecule has 176 valence electrons. The second kappa shape index (κ2) is 8.83. The van der Waals surface area contributed by atoms with Gasteiger partial charge in [-0.3, -0.25) is 9.20 Å². The number of hydrogen-bond acceptors (Lipinski definition) is 7. The van der Waals surface area contributed by atoms with Crippen LogP contribution in [0.3, 0.4) is 0 Å². The fourth-order valence-electron chi connectivity index (χ4n) is 3.69. The molecule has 1 N–H and O–H groups in total. The molecule has 1 aliphatic heterocycles. The van der Waals surface area contributed by atoms with Crippen LogP contribution < -0.4 is 14.8 Å². The average Bonchev–Trinajstić information content (AvgIpc) is 3.20. The van der Waals surface area contributed by atoms with Crippen molar-refractivity contribution in [3.63, 3.8) is 0 Å². The Morgan fingerprint density at radius 1 is 1.27 bits per heavy atom. The van der Waals surface area contributed by atoms with Crippen molar-refractivity contribution in [3.8, 4) is 17.4 Å². The summed E-state index contributed by atoms with van der Waals surface area (Å²) >= 11 is 6.01. The second-order valence-corrected chi connectivity index (χ2v) is 11.0. The molecule has 3 aromatic heterocycles. The first kappa shape index (κ1) is 23.3. The molecule has 33 heavy (non-hydrogen) atoms. The van der Waals surface area contributed by atoms with Gasteiger partial charge in [0.05, 0.1) is 28.8 Å². The highest BCUT2D eigenvalue weighted by Gasteiger charge is 2.35. The normalized spacial score (nSPS) is 17.0. The predicted octanol–water partition coefficient (Wildman–Crippen LogP) is 3.58. The summed E-state index contributed by atoms with van der Waals surface area (Å²) in [4.78, 5) is 21.5. The van der Waals surface area contributed by atoms with Crippen molar-refractivity contribution in [2.24, 2.45) is 0 Å². The summed E-state index contributed by atoms with van der Waals surface area (Å²) in [6.45, 7) is 5.99. The van der Waals surface area contributed by atoms with Crippen molar-refractivity contribution in [3.05, 3.63) is 47.0 Å². The number of halogens is 1. The van der Waals surface area contributed by atoms with Gasteiger partial charge in [0, 0.05) is 24.0 Å². The number of nitrogens with one attached hydrogen (secondary N) is 1. The first-order chi connectivity index (χ1) is 15.6. The molecule has 0 atom stereocenters. The number of hydrogen-bond donors (Lipinski definition) is 1. The Morgan fingerprint density at radius 3 is 2.70 bits per heavy atom. The highest BCUT2D eigenvalue weighted by molar-refractivity contribution is 7.91. The van der Waals surface area contributed by atoms with Crippen LogP contribution in [-0.4, -0.2) is 52.3 Å². The molecule has 4 heterocycles. The third-order valence-corrected chi connectivity index (χ3v) is 7.56. The number of sulfone groups is 1. The number of aromatic nitrogens is 3. The van der Waals surface area contributed by atoms with E-state index < -0.39 is 15.4 Å². The third-order valence-electron chi connectivity index (χ3n) is 5.70. The van der Waals surface area contributed by atoms with Gasteiger partial charge < -0.3 is 14.8 Å². The monoisotopic (exact) mass is 492 g/mol. The van der Waals surface area contributed by atoms with Gasteiger partial charge >= 0.3 is 0 Å². The van der Waals surface area contributed by atoms with Gasteiger partial charge in [-0.2, -0.15) is 0 Å². The number of nitrogens with zero attached hydrogens (tertiary/aromatic N) is 3. The average molecular weight is 493 g/mol. The molecule has 0 radical (unpaired) electrons. The van der Waals surface area contributed by atoms with E-state index in [9.17, 15) is 13.2 Å². The number of aryl methyl sites for hydroxylation is 1. The van der Waals surface area contributed by atoms with Gasteiger partial charge in [-0.1, -0.05) is 11.6 Å². The van der Waals surface area contributed by atoms with Crippen molar-refractivity contribution in [2.75, 3.05) is 18.1 Å². The van der Waals surface area contributed by atoms with Crippen LogP contribution in [0.4, 0.5) is 0 Å². The van der Waals surface area contributed by atoms with Gasteiger partial charge in [0.2, 0.25) is 0 Å². The fraction of sp³-hybridized carbons (Fsp3) is 0.409. The Hall–Kier alpha value is -2.85. The van der Waals surface area contributed by atoms with Gasteiger partial charge in [0.25, 0.3) is 11.8 Å². The third kappa shape index (κ3) is 5.06. The molecule has 0 unspecified atom stereocenters. The topological polar surface area (TPSA) is 112 Å². The molecule has 1 fully saturated rings. The minimum atomic E-state index is -3.03. The molecule has 3 aromatic rings. The van der Waals surface area contributed by atoms with Crippen molar-refractivity contribution in [1.82, 2.24) is 19.7 Å². The van der Waals surface area contributed by atoms with E-state index in [-0.39, 0.29) is 29.0 Å². The quantitative estimate of drug-likeness (QED) is 0.559. The molecule has 0 aliphatic carbocycles. The van der Waals surface area contributed by atoms with E-state index in [4.69, 9.17) is 21.1 Å². The zero-order chi connectivity index (χ0) is 23.8. The van der Waals surface area contributed by atoms with Crippen LogP contribution in [0.25, 0.3) is 5.65 Å². The SMILES string of the molecule is CCOc1cc(Cl)cnc1Oc1ccc2nc(C(=O)NC3(C)CCS(=O)(=O)CC3)cn2c1C. The number of rotatable bonds is 6. The lowest BCUT2D eigenvalue weighted by atomic mass is 9.95. The molecule has 4 rings (SSSR count). The molecule has 1 aliphatic rings. The van der Waals surface area contributed by atoms with Crippen LogP contribution in [0.1, 0.15) is 42.9 Å². The maximum absolute atomic E-state index is 12.9. The Kier molecular flexibility index (Phi) is 6.24. The van der Waals surface area contributed by atoms with Gasteiger partial charge in [-0.15, -0.1) is 0 Å². The summed E-state index contributed by atoms with van der Waals surface area (Å²) in [6, 6.07) is 5.13. The molecule has 1 amide bonds. The van der Waals surface area contributed by atoms with E-state index in [1.165, 1.54) is 6.20 Å². The van der Waals surface area contributed by atoms with Crippen molar-refractivity contribution < 1.29 is 22.7 Å². The predicted molar refractivity (Wildman–Crippen MR) is 124 cm³/mol. The maximum atomic E-state index is 12.9. The van der Waals surface area contributed by atoms with Crippen molar-refractivity contribution >= 4 is 33.0 Å². The largest absolute Gasteiger partial charge is 0.488 e. The summed E-state index contributed by atoms with van der Waals surface area (Å²) < 4.78 is 36.8. The second-order valence-electron chi connectivity index (χ2n) is 8.30. The number of carbonyl (C=O) groups excluding carboxylic acids is 1. The summed E-state index contributed by atoms with van der Waals surface area (Å²) in [6.07, 6.45) is 3.86. The lowest BCUT2D eigenvalue weighted by Crippen LogP contribution is -2.51. The number of carbonyl (C=O) groups is 1. The summed E-state index contributed by atoms with van der Waals surface area (Å²) in [5.41, 5.74) is 0.950. The smallest absolute Gasteiger partial charge is 0.271 e. The number of pyridine rings is 2. The zero-order valence-corrected chi connectivity index (χ0v) is 20.2.